The molecule has 0 atom stereocenters. The zero-order valence-electron chi connectivity index (χ0n) is 8.64. The molecule has 1 aromatic rings. The molecule has 0 unspecified atom stereocenters. The zero-order valence-corrected chi connectivity index (χ0v) is 8.64. The molecule has 1 aromatic heterocycles. The van der Waals surface area contributed by atoms with E-state index in [0.29, 0.717) is 0 Å². The van der Waals surface area contributed by atoms with Gasteiger partial charge in [0.25, 0.3) is 0 Å². The maximum Gasteiger partial charge on any atom is 0.434 e. The molecule has 0 bridgehead atoms. The number of halogens is 3. The van der Waals surface area contributed by atoms with E-state index in [1.54, 1.807) is 6.92 Å². The fraction of sp³-hybridized carbons (Fsp3) is 0.300. The van der Waals surface area contributed by atoms with E-state index >= 15 is 0 Å². The number of aromatic nitrogens is 1. The fourth-order valence-corrected chi connectivity index (χ4v) is 1.17. The van der Waals surface area contributed by atoms with Gasteiger partial charge in [-0.15, -0.1) is 0 Å². The summed E-state index contributed by atoms with van der Waals surface area (Å²) in [7, 11) is 0. The highest BCUT2D eigenvalue weighted by Gasteiger charge is 2.36. The minimum atomic E-state index is -4.58. The van der Waals surface area contributed by atoms with Crippen molar-refractivity contribution in [2.45, 2.75) is 13.1 Å². The first-order valence-electron chi connectivity index (χ1n) is 4.52. The van der Waals surface area contributed by atoms with E-state index < -0.39 is 11.9 Å². The van der Waals surface area contributed by atoms with Crippen LogP contribution in [0.25, 0.3) is 5.76 Å². The van der Waals surface area contributed by atoms with Crippen molar-refractivity contribution < 1.29 is 17.9 Å². The van der Waals surface area contributed by atoms with Crippen LogP contribution in [0.3, 0.4) is 0 Å². The molecule has 88 valence electrons. The molecule has 1 heterocycles. The predicted molar refractivity (Wildman–Crippen MR) is 54.3 cm³/mol. The molecule has 2 N–H and O–H groups in total. The Balaban J connectivity index is 3.23. The van der Waals surface area contributed by atoms with Crippen LogP contribution in [0.2, 0.25) is 0 Å². The summed E-state index contributed by atoms with van der Waals surface area (Å²) in [5, 5.41) is 0. The molecule has 0 fully saturated rings. The highest BCUT2D eigenvalue weighted by Crippen LogP contribution is 2.33. The number of anilines is 1. The smallest absolute Gasteiger partial charge is 0.434 e. The molecular formula is C10H11F3N2O. The lowest BCUT2D eigenvalue weighted by molar-refractivity contribution is -0.141. The Kier molecular flexibility index (Phi) is 3.41. The molecule has 0 saturated carbocycles. The Morgan fingerprint density at radius 2 is 2.12 bits per heavy atom. The monoisotopic (exact) mass is 232 g/mol. The largest absolute Gasteiger partial charge is 0.494 e. The van der Waals surface area contributed by atoms with Crippen LogP contribution in [-0.4, -0.2) is 11.6 Å². The molecule has 16 heavy (non-hydrogen) atoms. The number of rotatable bonds is 3. The standard InChI is InChI=1S/C10H11F3N2O/c1-3-16-6(2)7-4-5-8(14)15-9(7)10(11,12)13/h4-5H,2-3H2,1H3,(H2,14,15). The maximum atomic E-state index is 12.6. The summed E-state index contributed by atoms with van der Waals surface area (Å²) in [6.45, 7) is 5.31. The van der Waals surface area contributed by atoms with Crippen molar-refractivity contribution in [1.82, 2.24) is 4.98 Å². The van der Waals surface area contributed by atoms with Crippen molar-refractivity contribution in [2.24, 2.45) is 0 Å². The number of nitrogen functional groups attached to an aromatic ring is 1. The van der Waals surface area contributed by atoms with Crippen molar-refractivity contribution in [2.75, 3.05) is 12.3 Å². The van der Waals surface area contributed by atoms with E-state index in [1.807, 2.05) is 0 Å². The molecule has 0 aromatic carbocycles. The van der Waals surface area contributed by atoms with E-state index in [0.717, 1.165) is 0 Å². The van der Waals surface area contributed by atoms with Crippen LogP contribution < -0.4 is 5.73 Å². The maximum absolute atomic E-state index is 12.6. The van der Waals surface area contributed by atoms with Crippen LogP contribution in [0.4, 0.5) is 19.0 Å². The van der Waals surface area contributed by atoms with Crippen LogP contribution >= 0.6 is 0 Å². The molecule has 0 aliphatic heterocycles. The van der Waals surface area contributed by atoms with Crippen molar-refractivity contribution in [1.29, 1.82) is 0 Å². The molecule has 0 aliphatic carbocycles. The molecule has 0 spiro atoms. The number of hydrogen-bond donors (Lipinski definition) is 1. The molecule has 0 aliphatic rings. The minimum Gasteiger partial charge on any atom is -0.494 e. The number of ether oxygens (including phenoxy) is 1. The molecule has 0 amide bonds. The molecule has 3 nitrogen and oxygen atoms in total. The number of nitrogens with zero attached hydrogens (tertiary/aromatic N) is 1. The highest BCUT2D eigenvalue weighted by atomic mass is 19.4. The fourth-order valence-electron chi connectivity index (χ4n) is 1.17. The topological polar surface area (TPSA) is 48.1 Å². The lowest BCUT2D eigenvalue weighted by atomic mass is 10.1. The quantitative estimate of drug-likeness (QED) is 0.815. The average Bonchev–Trinajstić information content (AvgIpc) is 2.16. The first-order chi connectivity index (χ1) is 7.36. The third kappa shape index (κ3) is 2.65. The summed E-state index contributed by atoms with van der Waals surface area (Å²) in [6.07, 6.45) is -4.58. The summed E-state index contributed by atoms with van der Waals surface area (Å²) < 4.78 is 42.8. The van der Waals surface area contributed by atoms with E-state index in [1.165, 1.54) is 12.1 Å². The lowest BCUT2D eigenvalue weighted by Crippen LogP contribution is -2.13. The van der Waals surface area contributed by atoms with Crippen molar-refractivity contribution >= 4 is 11.6 Å². The van der Waals surface area contributed by atoms with Crippen LogP contribution in [0.5, 0.6) is 0 Å². The molecular weight excluding hydrogens is 221 g/mol. The van der Waals surface area contributed by atoms with Gasteiger partial charge in [-0.05, 0) is 19.1 Å². The number of nitrogens with two attached hydrogens (primary N) is 1. The van der Waals surface area contributed by atoms with Crippen molar-refractivity contribution in [3.63, 3.8) is 0 Å². The Hall–Kier alpha value is -1.72. The normalized spacial score (nSPS) is 11.2. The third-order valence-corrected chi connectivity index (χ3v) is 1.80. The lowest BCUT2D eigenvalue weighted by Gasteiger charge is -2.14. The van der Waals surface area contributed by atoms with Crippen molar-refractivity contribution in [3.8, 4) is 0 Å². The third-order valence-electron chi connectivity index (χ3n) is 1.80. The van der Waals surface area contributed by atoms with Gasteiger partial charge in [-0.2, -0.15) is 13.2 Å². The Bertz CT molecular complexity index is 402. The zero-order chi connectivity index (χ0) is 12.3. The molecule has 0 radical (unpaired) electrons. The van der Waals surface area contributed by atoms with E-state index in [2.05, 4.69) is 11.6 Å². The van der Waals surface area contributed by atoms with E-state index in [9.17, 15) is 13.2 Å². The minimum absolute atomic E-state index is 0.0673. The summed E-state index contributed by atoms with van der Waals surface area (Å²) in [5.74, 6) is -0.261. The Morgan fingerprint density at radius 1 is 1.50 bits per heavy atom. The van der Waals surface area contributed by atoms with Crippen LogP contribution in [0.1, 0.15) is 18.2 Å². The predicted octanol–water partition coefficient (Wildman–Crippen LogP) is 2.69. The molecule has 6 heteroatoms. The Labute approximate surface area is 90.7 Å². The molecule has 1 rings (SSSR count). The number of pyridine rings is 1. The van der Waals surface area contributed by atoms with E-state index in [4.69, 9.17) is 10.5 Å². The number of alkyl halides is 3. The van der Waals surface area contributed by atoms with Gasteiger partial charge in [0.05, 0.1) is 6.61 Å². The number of hydrogen-bond acceptors (Lipinski definition) is 3. The summed E-state index contributed by atoms with van der Waals surface area (Å²) in [4.78, 5) is 3.26. The summed E-state index contributed by atoms with van der Waals surface area (Å²) in [6, 6.07) is 2.47. The first-order valence-corrected chi connectivity index (χ1v) is 4.52. The second-order valence-electron chi connectivity index (χ2n) is 2.99. The van der Waals surface area contributed by atoms with E-state index in [-0.39, 0.29) is 23.7 Å². The second-order valence-corrected chi connectivity index (χ2v) is 2.99. The van der Waals surface area contributed by atoms with Gasteiger partial charge in [0, 0.05) is 5.56 Å². The van der Waals surface area contributed by atoms with Gasteiger partial charge < -0.3 is 10.5 Å². The van der Waals surface area contributed by atoms with Crippen LogP contribution in [0, 0.1) is 0 Å². The van der Waals surface area contributed by atoms with Crippen LogP contribution in [0.15, 0.2) is 18.7 Å². The second kappa shape index (κ2) is 4.42. The van der Waals surface area contributed by atoms with Gasteiger partial charge >= 0.3 is 6.18 Å². The van der Waals surface area contributed by atoms with Gasteiger partial charge in [-0.3, -0.25) is 0 Å². The summed E-state index contributed by atoms with van der Waals surface area (Å²) in [5.41, 5.74) is 3.95. The van der Waals surface area contributed by atoms with Crippen molar-refractivity contribution in [3.05, 3.63) is 30.0 Å². The van der Waals surface area contributed by atoms with Gasteiger partial charge in [-0.25, -0.2) is 4.98 Å². The molecule has 0 saturated heterocycles. The van der Waals surface area contributed by atoms with Crippen LogP contribution in [-0.2, 0) is 10.9 Å². The summed E-state index contributed by atoms with van der Waals surface area (Å²) >= 11 is 0. The first kappa shape index (κ1) is 12.4. The SMILES string of the molecule is C=C(OCC)c1ccc(N)nc1C(F)(F)F. The van der Waals surface area contributed by atoms with Gasteiger partial charge in [0.2, 0.25) is 0 Å². The van der Waals surface area contributed by atoms with Gasteiger partial charge in [-0.1, -0.05) is 6.58 Å². The average molecular weight is 232 g/mol. The highest BCUT2D eigenvalue weighted by molar-refractivity contribution is 5.61. The Morgan fingerprint density at radius 3 is 2.62 bits per heavy atom. The van der Waals surface area contributed by atoms with Gasteiger partial charge in [0.15, 0.2) is 5.69 Å². The van der Waals surface area contributed by atoms with Gasteiger partial charge in [0.1, 0.15) is 11.6 Å².